The van der Waals surface area contributed by atoms with Gasteiger partial charge in [0.1, 0.15) is 5.78 Å². The quantitative estimate of drug-likeness (QED) is 0.662. The van der Waals surface area contributed by atoms with Crippen LogP contribution in [0.2, 0.25) is 0 Å². The van der Waals surface area contributed by atoms with E-state index >= 15 is 0 Å². The van der Waals surface area contributed by atoms with Crippen molar-refractivity contribution in [2.45, 2.75) is 77.4 Å². The molecule has 24 heavy (non-hydrogen) atoms. The van der Waals surface area contributed by atoms with Crippen LogP contribution in [0.1, 0.15) is 71.6 Å². The van der Waals surface area contributed by atoms with Crippen LogP contribution in [0.4, 0.5) is 0 Å². The fourth-order valence-corrected chi connectivity index (χ4v) is 7.73. The van der Waals surface area contributed by atoms with Crippen molar-refractivity contribution in [1.29, 1.82) is 0 Å². The number of carbonyl (C=O) groups excluding carboxylic acids is 1. The maximum absolute atomic E-state index is 12.5. The zero-order chi connectivity index (χ0) is 16.6. The smallest absolute Gasteiger partial charge is 0.168 e. The molecule has 0 N–H and O–H groups in total. The van der Waals surface area contributed by atoms with Crippen molar-refractivity contribution in [2.75, 3.05) is 13.2 Å². The summed E-state index contributed by atoms with van der Waals surface area (Å²) in [7, 11) is 0. The largest absolute Gasteiger partial charge is 0.348 e. The predicted molar refractivity (Wildman–Crippen MR) is 91.4 cm³/mol. The molecule has 0 aromatic heterocycles. The molecule has 1 heterocycles. The SMILES string of the molecule is C[C@@]12CCC3(C[C@@H]1CC[C@H]1[C@H]4CCC(=O)[C@]4(C)CC[C@@H]12)OCCO3. The molecule has 4 aliphatic carbocycles. The molecule has 5 fully saturated rings. The number of carbonyl (C=O) groups is 1. The van der Waals surface area contributed by atoms with Gasteiger partial charge in [-0.15, -0.1) is 0 Å². The van der Waals surface area contributed by atoms with E-state index in [0.29, 0.717) is 17.1 Å². The third-order valence-electron chi connectivity index (χ3n) is 9.19. The summed E-state index contributed by atoms with van der Waals surface area (Å²) >= 11 is 0. The Morgan fingerprint density at radius 2 is 1.71 bits per heavy atom. The van der Waals surface area contributed by atoms with Gasteiger partial charge in [0.25, 0.3) is 0 Å². The Morgan fingerprint density at radius 1 is 0.917 bits per heavy atom. The van der Waals surface area contributed by atoms with E-state index in [2.05, 4.69) is 13.8 Å². The van der Waals surface area contributed by atoms with Crippen LogP contribution in [0, 0.1) is 34.5 Å². The normalized spacial score (nSPS) is 52.8. The lowest BCUT2D eigenvalue weighted by atomic mass is 9.45. The molecule has 0 aromatic carbocycles. The summed E-state index contributed by atoms with van der Waals surface area (Å²) in [5.41, 5.74) is 0.453. The summed E-state index contributed by atoms with van der Waals surface area (Å²) in [5, 5.41) is 0. The van der Waals surface area contributed by atoms with Crippen molar-refractivity contribution in [1.82, 2.24) is 0 Å². The molecule has 5 rings (SSSR count). The van der Waals surface area contributed by atoms with Crippen LogP contribution < -0.4 is 0 Å². The number of Topliss-reactive ketones (excluding diaryl/α,β-unsaturated/α-hetero) is 1. The number of fused-ring (bicyclic) bond motifs is 5. The molecule has 0 amide bonds. The summed E-state index contributed by atoms with van der Waals surface area (Å²) in [6.07, 6.45) is 10.5. The summed E-state index contributed by atoms with van der Waals surface area (Å²) in [4.78, 5) is 12.5. The van der Waals surface area contributed by atoms with Crippen molar-refractivity contribution < 1.29 is 14.3 Å². The highest BCUT2D eigenvalue weighted by molar-refractivity contribution is 5.87. The first-order valence-corrected chi connectivity index (χ1v) is 10.3. The van der Waals surface area contributed by atoms with Crippen LogP contribution in [0.15, 0.2) is 0 Å². The van der Waals surface area contributed by atoms with E-state index in [0.717, 1.165) is 63.1 Å². The van der Waals surface area contributed by atoms with E-state index in [4.69, 9.17) is 9.47 Å². The van der Waals surface area contributed by atoms with E-state index in [1.165, 1.54) is 25.7 Å². The van der Waals surface area contributed by atoms with Crippen LogP contribution >= 0.6 is 0 Å². The maximum atomic E-state index is 12.5. The number of hydrogen-bond acceptors (Lipinski definition) is 3. The van der Waals surface area contributed by atoms with Gasteiger partial charge >= 0.3 is 0 Å². The van der Waals surface area contributed by atoms with E-state index in [-0.39, 0.29) is 11.2 Å². The van der Waals surface area contributed by atoms with Crippen LogP contribution in [0.25, 0.3) is 0 Å². The molecule has 3 heteroatoms. The molecule has 0 aromatic rings. The molecule has 0 bridgehead atoms. The van der Waals surface area contributed by atoms with Crippen LogP contribution in [-0.2, 0) is 14.3 Å². The lowest BCUT2D eigenvalue weighted by Crippen LogP contribution is -2.56. The fourth-order valence-electron chi connectivity index (χ4n) is 7.73. The minimum Gasteiger partial charge on any atom is -0.348 e. The number of ketones is 1. The van der Waals surface area contributed by atoms with Gasteiger partial charge < -0.3 is 9.47 Å². The Hall–Kier alpha value is -0.410. The zero-order valence-electron chi connectivity index (χ0n) is 15.3. The van der Waals surface area contributed by atoms with Crippen molar-refractivity contribution in [3.63, 3.8) is 0 Å². The molecule has 0 radical (unpaired) electrons. The molecule has 0 unspecified atom stereocenters. The molecule has 1 spiro atoms. The third-order valence-corrected chi connectivity index (χ3v) is 9.19. The lowest BCUT2D eigenvalue weighted by molar-refractivity contribution is -0.228. The summed E-state index contributed by atoms with van der Waals surface area (Å²) < 4.78 is 12.1. The molecule has 5 aliphatic rings. The zero-order valence-corrected chi connectivity index (χ0v) is 15.3. The summed E-state index contributed by atoms with van der Waals surface area (Å²) in [5.74, 6) is 3.33. The standard InChI is InChI=1S/C21H32O3/c1-19-9-10-21(23-11-12-24-21)13-14(19)3-4-15-16-5-6-18(22)20(16,2)8-7-17(15)19/h14-17H,3-13H2,1-2H3/t14-,15-,16+,17-,19+,20+/m0/s1. The fraction of sp³-hybridized carbons (Fsp3) is 0.952. The highest BCUT2D eigenvalue weighted by Gasteiger charge is 2.62. The number of ether oxygens (including phenoxy) is 2. The van der Waals surface area contributed by atoms with Gasteiger partial charge in [-0.3, -0.25) is 4.79 Å². The molecule has 6 atom stereocenters. The minimum atomic E-state index is -0.247. The van der Waals surface area contributed by atoms with Crippen molar-refractivity contribution in [3.05, 3.63) is 0 Å². The maximum Gasteiger partial charge on any atom is 0.168 e. The highest BCUT2D eigenvalue weighted by atomic mass is 16.7. The van der Waals surface area contributed by atoms with Gasteiger partial charge in [0.2, 0.25) is 0 Å². The molecule has 134 valence electrons. The number of hydrogen-bond donors (Lipinski definition) is 0. The first kappa shape index (κ1) is 15.8. The second-order valence-corrected chi connectivity index (χ2v) is 9.89. The predicted octanol–water partition coefficient (Wildman–Crippen LogP) is 4.34. The monoisotopic (exact) mass is 332 g/mol. The van der Waals surface area contributed by atoms with Crippen LogP contribution in [0.5, 0.6) is 0 Å². The summed E-state index contributed by atoms with van der Waals surface area (Å²) in [6, 6.07) is 0. The molecule has 3 nitrogen and oxygen atoms in total. The molecular weight excluding hydrogens is 300 g/mol. The molecule has 4 saturated carbocycles. The van der Waals surface area contributed by atoms with Crippen molar-refractivity contribution >= 4 is 5.78 Å². The van der Waals surface area contributed by atoms with Gasteiger partial charge in [-0.05, 0) is 67.6 Å². The van der Waals surface area contributed by atoms with Gasteiger partial charge in [0.15, 0.2) is 5.79 Å². The second kappa shape index (κ2) is 5.07. The Bertz CT molecular complexity index is 551. The third kappa shape index (κ3) is 1.95. The Morgan fingerprint density at radius 3 is 2.50 bits per heavy atom. The van der Waals surface area contributed by atoms with Gasteiger partial charge in [0.05, 0.1) is 13.2 Å². The highest BCUT2D eigenvalue weighted by Crippen LogP contribution is 2.66. The Kier molecular flexibility index (Phi) is 3.34. The van der Waals surface area contributed by atoms with Gasteiger partial charge in [-0.25, -0.2) is 0 Å². The lowest BCUT2D eigenvalue weighted by Gasteiger charge is -2.61. The van der Waals surface area contributed by atoms with Crippen LogP contribution in [-0.4, -0.2) is 24.8 Å². The molecule has 1 aliphatic heterocycles. The van der Waals surface area contributed by atoms with E-state index in [9.17, 15) is 4.79 Å². The second-order valence-electron chi connectivity index (χ2n) is 9.89. The Labute approximate surface area is 145 Å². The van der Waals surface area contributed by atoms with E-state index in [1.807, 2.05) is 0 Å². The van der Waals surface area contributed by atoms with E-state index in [1.54, 1.807) is 0 Å². The summed E-state index contributed by atoms with van der Waals surface area (Å²) in [6.45, 7) is 6.40. The topological polar surface area (TPSA) is 35.5 Å². The van der Waals surface area contributed by atoms with Crippen LogP contribution in [0.3, 0.4) is 0 Å². The van der Waals surface area contributed by atoms with Gasteiger partial charge in [-0.2, -0.15) is 0 Å². The molecular formula is C21H32O3. The average molecular weight is 332 g/mol. The van der Waals surface area contributed by atoms with Crippen molar-refractivity contribution in [2.24, 2.45) is 34.5 Å². The van der Waals surface area contributed by atoms with Gasteiger partial charge in [-0.1, -0.05) is 13.8 Å². The first-order chi connectivity index (χ1) is 11.5. The minimum absolute atomic E-state index is 0.0118. The van der Waals surface area contributed by atoms with E-state index < -0.39 is 0 Å². The number of rotatable bonds is 0. The Balaban J connectivity index is 1.42. The molecule has 1 saturated heterocycles. The first-order valence-electron chi connectivity index (χ1n) is 10.3. The average Bonchev–Trinajstić information content (AvgIpc) is 3.14. The van der Waals surface area contributed by atoms with Crippen molar-refractivity contribution in [3.8, 4) is 0 Å². The van der Waals surface area contributed by atoms with Gasteiger partial charge in [0, 0.05) is 24.7 Å².